The van der Waals surface area contributed by atoms with Gasteiger partial charge in [0, 0.05) is 0 Å². The Hall–Kier alpha value is -1.13. The van der Waals surface area contributed by atoms with Gasteiger partial charge in [0.2, 0.25) is 0 Å². The van der Waals surface area contributed by atoms with Crippen LogP contribution in [-0.2, 0) is 6.18 Å². The van der Waals surface area contributed by atoms with E-state index in [0.717, 1.165) is 55.6 Å². The van der Waals surface area contributed by atoms with Gasteiger partial charge >= 0.3 is 6.18 Å². The van der Waals surface area contributed by atoms with Gasteiger partial charge in [-0.05, 0) is 98.7 Å². The Morgan fingerprint density at radius 3 is 1.38 bits per heavy atom. The fourth-order valence-corrected chi connectivity index (χ4v) is 6.54. The van der Waals surface area contributed by atoms with Crippen LogP contribution in [0.2, 0.25) is 0 Å². The second kappa shape index (κ2) is 8.55. The first-order valence-electron chi connectivity index (χ1n) is 11.4. The third kappa shape index (κ3) is 4.64. The molecule has 0 spiro atoms. The van der Waals surface area contributed by atoms with Crippen LogP contribution >= 0.6 is 0 Å². The standard InChI is InChI=1S/C24H31F5/c25-21-13-20(14-22(26)23(21)24(27,28)29)19-11-9-18(10-12-19)17-7-5-16(6-8-17)15-3-1-2-4-15/h13-19H,1-12H2. The Balaban J connectivity index is 1.32. The summed E-state index contributed by atoms with van der Waals surface area (Å²) >= 11 is 0. The molecule has 162 valence electrons. The first-order chi connectivity index (χ1) is 13.8. The van der Waals surface area contributed by atoms with E-state index in [0.29, 0.717) is 11.5 Å². The molecule has 0 unspecified atom stereocenters. The lowest BCUT2D eigenvalue weighted by Gasteiger charge is -2.39. The van der Waals surface area contributed by atoms with Crippen LogP contribution in [0.15, 0.2) is 12.1 Å². The molecule has 1 aromatic carbocycles. The van der Waals surface area contributed by atoms with Crippen molar-refractivity contribution in [3.63, 3.8) is 0 Å². The van der Waals surface area contributed by atoms with Crippen molar-refractivity contribution in [2.45, 2.75) is 89.1 Å². The Morgan fingerprint density at radius 1 is 0.586 bits per heavy atom. The topological polar surface area (TPSA) is 0 Å². The Morgan fingerprint density at radius 2 is 0.966 bits per heavy atom. The normalized spacial score (nSPS) is 31.9. The molecule has 0 nitrogen and oxygen atoms in total. The summed E-state index contributed by atoms with van der Waals surface area (Å²) in [5, 5.41) is 0. The minimum absolute atomic E-state index is 0.0349. The molecule has 0 saturated heterocycles. The van der Waals surface area contributed by atoms with Crippen molar-refractivity contribution in [2.75, 3.05) is 0 Å². The quantitative estimate of drug-likeness (QED) is 0.437. The fraction of sp³-hybridized carbons (Fsp3) is 0.750. The largest absolute Gasteiger partial charge is 0.422 e. The fourth-order valence-electron chi connectivity index (χ4n) is 6.54. The van der Waals surface area contributed by atoms with E-state index in [1.54, 1.807) is 0 Å². The van der Waals surface area contributed by atoms with Crippen molar-refractivity contribution < 1.29 is 22.0 Å². The predicted molar refractivity (Wildman–Crippen MR) is 103 cm³/mol. The second-order valence-corrected chi connectivity index (χ2v) is 9.69. The highest BCUT2D eigenvalue weighted by molar-refractivity contribution is 5.30. The molecule has 0 aromatic heterocycles. The van der Waals surface area contributed by atoms with E-state index in [1.165, 1.54) is 51.4 Å². The molecule has 5 heteroatoms. The number of hydrogen-bond donors (Lipinski definition) is 0. The zero-order valence-corrected chi connectivity index (χ0v) is 16.9. The summed E-state index contributed by atoms with van der Waals surface area (Å²) in [6.45, 7) is 0. The summed E-state index contributed by atoms with van der Waals surface area (Å²) in [6.07, 6.45) is 9.63. The summed E-state index contributed by atoms with van der Waals surface area (Å²) in [6, 6.07) is 1.81. The smallest absolute Gasteiger partial charge is 0.206 e. The lowest BCUT2D eigenvalue weighted by molar-refractivity contribution is -0.142. The molecule has 0 heterocycles. The molecule has 0 aliphatic heterocycles. The first kappa shape index (κ1) is 21.1. The van der Waals surface area contributed by atoms with Crippen molar-refractivity contribution in [2.24, 2.45) is 23.7 Å². The van der Waals surface area contributed by atoms with Gasteiger partial charge < -0.3 is 0 Å². The third-order valence-corrected chi connectivity index (χ3v) is 8.14. The molecule has 3 saturated carbocycles. The van der Waals surface area contributed by atoms with Crippen LogP contribution in [-0.4, -0.2) is 0 Å². The van der Waals surface area contributed by atoms with E-state index in [9.17, 15) is 22.0 Å². The van der Waals surface area contributed by atoms with Crippen LogP contribution < -0.4 is 0 Å². The molecule has 4 rings (SSSR count). The van der Waals surface area contributed by atoms with E-state index in [2.05, 4.69) is 0 Å². The first-order valence-corrected chi connectivity index (χ1v) is 11.4. The maximum Gasteiger partial charge on any atom is 0.422 e. The lowest BCUT2D eigenvalue weighted by Crippen LogP contribution is -2.27. The Kier molecular flexibility index (Phi) is 6.22. The zero-order chi connectivity index (χ0) is 20.6. The number of hydrogen-bond acceptors (Lipinski definition) is 0. The summed E-state index contributed by atoms with van der Waals surface area (Å²) in [7, 11) is 0. The van der Waals surface area contributed by atoms with E-state index in [-0.39, 0.29) is 5.92 Å². The van der Waals surface area contributed by atoms with Gasteiger partial charge in [-0.2, -0.15) is 13.2 Å². The Bertz CT molecular complexity index is 665. The van der Waals surface area contributed by atoms with Crippen LogP contribution in [0, 0.1) is 35.3 Å². The van der Waals surface area contributed by atoms with Crippen LogP contribution in [0.1, 0.15) is 94.1 Å². The molecule has 0 radical (unpaired) electrons. The predicted octanol–water partition coefficient (Wildman–Crippen LogP) is 8.25. The highest BCUT2D eigenvalue weighted by Crippen LogP contribution is 2.47. The highest BCUT2D eigenvalue weighted by Gasteiger charge is 2.39. The molecule has 3 fully saturated rings. The molecule has 29 heavy (non-hydrogen) atoms. The van der Waals surface area contributed by atoms with Gasteiger partial charge in [-0.3, -0.25) is 0 Å². The minimum Gasteiger partial charge on any atom is -0.206 e. The molecule has 1 aromatic rings. The van der Waals surface area contributed by atoms with Crippen molar-refractivity contribution in [1.29, 1.82) is 0 Å². The van der Waals surface area contributed by atoms with Crippen LogP contribution in [0.4, 0.5) is 22.0 Å². The van der Waals surface area contributed by atoms with Crippen LogP contribution in [0.3, 0.4) is 0 Å². The number of alkyl halides is 3. The number of rotatable bonds is 3. The average Bonchev–Trinajstić information content (AvgIpc) is 3.21. The molecule has 0 amide bonds. The third-order valence-electron chi connectivity index (χ3n) is 8.14. The molecule has 3 aliphatic carbocycles. The molecule has 0 bridgehead atoms. The van der Waals surface area contributed by atoms with E-state index in [1.807, 2.05) is 0 Å². The molecular formula is C24H31F5. The highest BCUT2D eigenvalue weighted by atomic mass is 19.4. The SMILES string of the molecule is Fc1cc(C2CCC(C3CCC(C4CCCC4)CC3)CC2)cc(F)c1C(F)(F)F. The van der Waals surface area contributed by atoms with Gasteiger partial charge in [0.05, 0.1) is 0 Å². The van der Waals surface area contributed by atoms with Crippen LogP contribution in [0.25, 0.3) is 0 Å². The lowest BCUT2D eigenvalue weighted by atomic mass is 9.66. The van der Waals surface area contributed by atoms with Crippen molar-refractivity contribution in [3.8, 4) is 0 Å². The Labute approximate surface area is 170 Å². The van der Waals surface area contributed by atoms with Gasteiger partial charge in [-0.1, -0.05) is 25.7 Å². The summed E-state index contributed by atoms with van der Waals surface area (Å²) in [5.74, 6) is 0.293. The number of benzene rings is 1. The molecule has 0 atom stereocenters. The van der Waals surface area contributed by atoms with Crippen molar-refractivity contribution in [1.82, 2.24) is 0 Å². The summed E-state index contributed by atoms with van der Waals surface area (Å²) in [4.78, 5) is 0. The van der Waals surface area contributed by atoms with Gasteiger partial charge in [0.25, 0.3) is 0 Å². The maximum atomic E-state index is 13.9. The summed E-state index contributed by atoms with van der Waals surface area (Å²) in [5.41, 5.74) is -1.38. The van der Waals surface area contributed by atoms with Crippen molar-refractivity contribution in [3.05, 3.63) is 34.9 Å². The van der Waals surface area contributed by atoms with Gasteiger partial charge in [-0.25, -0.2) is 8.78 Å². The molecule has 3 aliphatic rings. The summed E-state index contributed by atoms with van der Waals surface area (Å²) < 4.78 is 66.2. The molecular weight excluding hydrogens is 383 g/mol. The zero-order valence-electron chi connectivity index (χ0n) is 16.9. The van der Waals surface area contributed by atoms with E-state index >= 15 is 0 Å². The van der Waals surface area contributed by atoms with E-state index < -0.39 is 23.4 Å². The minimum atomic E-state index is -5.00. The average molecular weight is 415 g/mol. The maximum absolute atomic E-state index is 13.9. The van der Waals surface area contributed by atoms with Gasteiger partial charge in [-0.15, -0.1) is 0 Å². The van der Waals surface area contributed by atoms with Crippen molar-refractivity contribution >= 4 is 0 Å². The number of halogens is 5. The van der Waals surface area contributed by atoms with Gasteiger partial charge in [0.15, 0.2) is 0 Å². The van der Waals surface area contributed by atoms with Gasteiger partial charge in [0.1, 0.15) is 17.2 Å². The monoisotopic (exact) mass is 414 g/mol. The van der Waals surface area contributed by atoms with E-state index in [4.69, 9.17) is 0 Å². The second-order valence-electron chi connectivity index (χ2n) is 9.69. The molecule has 0 N–H and O–H groups in total. The van der Waals surface area contributed by atoms with Crippen LogP contribution in [0.5, 0.6) is 0 Å².